The summed E-state index contributed by atoms with van der Waals surface area (Å²) in [4.78, 5) is 0.238. The summed E-state index contributed by atoms with van der Waals surface area (Å²) < 4.78 is 29.1. The van der Waals surface area contributed by atoms with Crippen molar-refractivity contribution in [1.82, 2.24) is 14.5 Å². The van der Waals surface area contributed by atoms with Gasteiger partial charge < -0.3 is 0 Å². The highest BCUT2D eigenvalue weighted by molar-refractivity contribution is 7.89. The molecule has 0 spiro atoms. The SMILES string of the molecule is CCn1cc(S(=O)(=O)NC(C)c2ccccc2)c(C)n1. The van der Waals surface area contributed by atoms with Gasteiger partial charge in [0.15, 0.2) is 0 Å². The lowest BCUT2D eigenvalue weighted by atomic mass is 10.1. The molecule has 1 atom stereocenters. The van der Waals surface area contributed by atoms with Crippen molar-refractivity contribution >= 4 is 10.0 Å². The van der Waals surface area contributed by atoms with Crippen molar-refractivity contribution in [3.63, 3.8) is 0 Å². The molecule has 0 fully saturated rings. The molecule has 0 saturated heterocycles. The van der Waals surface area contributed by atoms with E-state index < -0.39 is 10.0 Å². The van der Waals surface area contributed by atoms with Crippen molar-refractivity contribution in [1.29, 1.82) is 0 Å². The number of rotatable bonds is 5. The highest BCUT2D eigenvalue weighted by Crippen LogP contribution is 2.18. The molecule has 1 aromatic carbocycles. The monoisotopic (exact) mass is 293 g/mol. The van der Waals surface area contributed by atoms with Crippen LogP contribution in [-0.2, 0) is 16.6 Å². The summed E-state index contributed by atoms with van der Waals surface area (Å²) in [5.74, 6) is 0. The second kappa shape index (κ2) is 5.76. The van der Waals surface area contributed by atoms with E-state index in [-0.39, 0.29) is 10.9 Å². The molecule has 1 unspecified atom stereocenters. The number of nitrogens with zero attached hydrogens (tertiary/aromatic N) is 2. The lowest BCUT2D eigenvalue weighted by molar-refractivity contribution is 0.566. The highest BCUT2D eigenvalue weighted by atomic mass is 32.2. The maximum Gasteiger partial charge on any atom is 0.244 e. The molecule has 1 aromatic heterocycles. The van der Waals surface area contributed by atoms with Crippen molar-refractivity contribution in [3.05, 3.63) is 47.8 Å². The van der Waals surface area contributed by atoms with Gasteiger partial charge in [-0.3, -0.25) is 4.68 Å². The minimum Gasteiger partial charge on any atom is -0.271 e. The molecule has 1 N–H and O–H groups in total. The molecule has 0 bridgehead atoms. The molecule has 1 heterocycles. The average Bonchev–Trinajstić information content (AvgIpc) is 2.81. The fraction of sp³-hybridized carbons (Fsp3) is 0.357. The summed E-state index contributed by atoms with van der Waals surface area (Å²) in [5, 5.41) is 4.17. The zero-order valence-electron chi connectivity index (χ0n) is 11.9. The van der Waals surface area contributed by atoms with Crippen LogP contribution in [-0.4, -0.2) is 18.2 Å². The molecular formula is C14H19N3O2S. The third-order valence-electron chi connectivity index (χ3n) is 3.15. The van der Waals surface area contributed by atoms with Crippen LogP contribution in [0.1, 0.15) is 31.1 Å². The summed E-state index contributed by atoms with van der Waals surface area (Å²) >= 11 is 0. The summed E-state index contributed by atoms with van der Waals surface area (Å²) in [6.07, 6.45) is 1.56. The highest BCUT2D eigenvalue weighted by Gasteiger charge is 2.22. The Balaban J connectivity index is 2.25. The zero-order valence-corrected chi connectivity index (χ0v) is 12.7. The van der Waals surface area contributed by atoms with Crippen LogP contribution in [0.15, 0.2) is 41.4 Å². The number of hydrogen-bond acceptors (Lipinski definition) is 3. The van der Waals surface area contributed by atoms with Crippen molar-refractivity contribution in [3.8, 4) is 0 Å². The van der Waals surface area contributed by atoms with Crippen molar-refractivity contribution in [2.45, 2.75) is 38.3 Å². The van der Waals surface area contributed by atoms with Gasteiger partial charge in [0, 0.05) is 18.8 Å². The number of hydrogen-bond donors (Lipinski definition) is 1. The third kappa shape index (κ3) is 3.08. The molecule has 2 rings (SSSR count). The minimum atomic E-state index is -3.56. The maximum atomic E-state index is 12.4. The molecule has 0 radical (unpaired) electrons. The summed E-state index contributed by atoms with van der Waals surface area (Å²) in [6.45, 7) is 6.09. The van der Waals surface area contributed by atoms with Gasteiger partial charge in [0.2, 0.25) is 10.0 Å². The summed E-state index contributed by atoms with van der Waals surface area (Å²) in [5.41, 5.74) is 1.44. The van der Waals surface area contributed by atoms with E-state index in [1.54, 1.807) is 17.8 Å². The van der Waals surface area contributed by atoms with Crippen LogP contribution in [0.5, 0.6) is 0 Å². The average molecular weight is 293 g/mol. The third-order valence-corrected chi connectivity index (χ3v) is 4.79. The predicted molar refractivity (Wildman–Crippen MR) is 77.8 cm³/mol. The summed E-state index contributed by atoms with van der Waals surface area (Å²) in [6, 6.07) is 9.19. The smallest absolute Gasteiger partial charge is 0.244 e. The topological polar surface area (TPSA) is 64.0 Å². The van der Waals surface area contributed by atoms with E-state index in [1.807, 2.05) is 44.2 Å². The van der Waals surface area contributed by atoms with Crippen LogP contribution >= 0.6 is 0 Å². The largest absolute Gasteiger partial charge is 0.271 e. The van der Waals surface area contributed by atoms with Gasteiger partial charge in [0.1, 0.15) is 4.90 Å². The van der Waals surface area contributed by atoms with Gasteiger partial charge in [-0.1, -0.05) is 30.3 Å². The van der Waals surface area contributed by atoms with Crippen LogP contribution in [0.2, 0.25) is 0 Å². The molecule has 0 saturated carbocycles. The second-order valence-electron chi connectivity index (χ2n) is 4.69. The van der Waals surface area contributed by atoms with Crippen molar-refractivity contribution in [2.75, 3.05) is 0 Å². The zero-order chi connectivity index (χ0) is 14.8. The van der Waals surface area contributed by atoms with E-state index in [9.17, 15) is 8.42 Å². The Kier molecular flexibility index (Phi) is 4.25. The fourth-order valence-electron chi connectivity index (χ4n) is 2.03. The van der Waals surface area contributed by atoms with Gasteiger partial charge >= 0.3 is 0 Å². The van der Waals surface area contributed by atoms with Gasteiger partial charge in [-0.15, -0.1) is 0 Å². The molecule has 0 aliphatic rings. The lowest BCUT2D eigenvalue weighted by Crippen LogP contribution is -2.27. The quantitative estimate of drug-likeness (QED) is 0.919. The Labute approximate surface area is 119 Å². The molecule has 0 aliphatic carbocycles. The van der Waals surface area contributed by atoms with E-state index >= 15 is 0 Å². The molecule has 6 heteroatoms. The van der Waals surface area contributed by atoms with Crippen molar-refractivity contribution in [2.24, 2.45) is 0 Å². The van der Waals surface area contributed by atoms with Crippen LogP contribution in [0.3, 0.4) is 0 Å². The molecule has 2 aromatic rings. The van der Waals surface area contributed by atoms with Crippen LogP contribution < -0.4 is 4.72 Å². The van der Waals surface area contributed by atoms with Crippen LogP contribution in [0.25, 0.3) is 0 Å². The Bertz CT molecular complexity index is 678. The minimum absolute atomic E-state index is 0.238. The standard InChI is InChI=1S/C14H19N3O2S/c1-4-17-10-14(12(3)15-17)20(18,19)16-11(2)13-8-6-5-7-9-13/h5-11,16H,4H2,1-3H3. The maximum absolute atomic E-state index is 12.4. The van der Waals surface area contributed by atoms with E-state index in [4.69, 9.17) is 0 Å². The Morgan fingerprint density at radius 1 is 1.30 bits per heavy atom. The molecule has 5 nitrogen and oxygen atoms in total. The first-order chi connectivity index (χ1) is 9.44. The molecule has 0 amide bonds. The van der Waals surface area contributed by atoms with Crippen LogP contribution in [0.4, 0.5) is 0 Å². The first-order valence-corrected chi connectivity index (χ1v) is 8.03. The molecule has 108 valence electrons. The second-order valence-corrected chi connectivity index (χ2v) is 6.37. The molecular weight excluding hydrogens is 274 g/mol. The Morgan fingerprint density at radius 2 is 1.95 bits per heavy atom. The number of nitrogens with one attached hydrogen (secondary N) is 1. The van der Waals surface area contributed by atoms with Gasteiger partial charge in [-0.2, -0.15) is 5.10 Å². The molecule has 0 aliphatic heterocycles. The molecule has 20 heavy (non-hydrogen) atoms. The predicted octanol–water partition coefficient (Wildman–Crippen LogP) is 2.25. The first kappa shape index (κ1) is 14.7. The number of aromatic nitrogens is 2. The van der Waals surface area contributed by atoms with Gasteiger partial charge in [-0.25, -0.2) is 13.1 Å². The Hall–Kier alpha value is -1.66. The van der Waals surface area contributed by atoms with Crippen molar-refractivity contribution < 1.29 is 8.42 Å². The first-order valence-electron chi connectivity index (χ1n) is 6.55. The number of benzene rings is 1. The summed E-state index contributed by atoms with van der Waals surface area (Å²) in [7, 11) is -3.56. The normalized spacial score (nSPS) is 13.3. The van der Waals surface area contributed by atoms with E-state index in [1.165, 1.54) is 0 Å². The Morgan fingerprint density at radius 3 is 2.50 bits per heavy atom. The lowest BCUT2D eigenvalue weighted by Gasteiger charge is -2.14. The van der Waals surface area contributed by atoms with E-state index in [0.29, 0.717) is 12.2 Å². The van der Waals surface area contributed by atoms with E-state index in [0.717, 1.165) is 5.56 Å². The van der Waals surface area contributed by atoms with Gasteiger partial charge in [0.05, 0.1) is 5.69 Å². The van der Waals surface area contributed by atoms with E-state index in [2.05, 4.69) is 9.82 Å². The fourth-order valence-corrected chi connectivity index (χ4v) is 3.45. The van der Waals surface area contributed by atoms with Gasteiger partial charge in [0.25, 0.3) is 0 Å². The number of sulfonamides is 1. The van der Waals surface area contributed by atoms with Crippen LogP contribution in [0, 0.1) is 6.92 Å². The van der Waals surface area contributed by atoms with Gasteiger partial charge in [-0.05, 0) is 26.3 Å². The number of aryl methyl sites for hydroxylation is 2.